The number of nitrogens with zero attached hydrogens (tertiary/aromatic N) is 3. The fourth-order valence-corrected chi connectivity index (χ4v) is 3.72. The van der Waals surface area contributed by atoms with E-state index in [2.05, 4.69) is 9.71 Å². The summed E-state index contributed by atoms with van der Waals surface area (Å²) in [5.41, 5.74) is 8.31. The van der Waals surface area contributed by atoms with Gasteiger partial charge in [-0.25, -0.2) is 18.1 Å². The third-order valence-corrected chi connectivity index (χ3v) is 5.24. The number of fused-ring (bicyclic) bond motifs is 1. The molecule has 0 radical (unpaired) electrons. The van der Waals surface area contributed by atoms with Crippen molar-refractivity contribution in [3.05, 3.63) is 36.3 Å². The Morgan fingerprint density at radius 2 is 2.16 bits per heavy atom. The molecule has 0 atom stereocenters. The molecule has 0 bridgehead atoms. The van der Waals surface area contributed by atoms with Crippen LogP contribution in [0.4, 0.5) is 11.4 Å². The zero-order valence-electron chi connectivity index (χ0n) is 13.7. The Morgan fingerprint density at radius 1 is 1.40 bits per heavy atom. The lowest BCUT2D eigenvalue weighted by Crippen LogP contribution is -2.42. The third-order valence-electron chi connectivity index (χ3n) is 3.96. The number of aryl methyl sites for hydroxylation is 1. The number of aromatic nitrogens is 2. The number of carbonyl (C=O) groups excluding carboxylic acids is 1. The summed E-state index contributed by atoms with van der Waals surface area (Å²) in [7, 11) is -2.14. The number of benzene rings is 1. The zero-order valence-corrected chi connectivity index (χ0v) is 15.3. The van der Waals surface area contributed by atoms with Crippen LogP contribution in [0.3, 0.4) is 0 Å². The number of amides is 1. The van der Waals surface area contributed by atoms with Crippen molar-refractivity contribution in [2.45, 2.75) is 17.9 Å². The van der Waals surface area contributed by atoms with E-state index in [0.29, 0.717) is 12.2 Å². The first kappa shape index (κ1) is 19.2. The number of nitrogens with one attached hydrogen (secondary N) is 1. The molecule has 1 aromatic heterocycles. The standard InChI is InChI=1S/C15H19N5O3S.ClH/c1-19-9-14(17-10-19)24(22,23)18-8-15(21)20-7-3-4-11-12(16)5-2-6-13(11)20;/h2,5-6,9-10,18H,3-4,7-8,16H2,1H3;1H. The van der Waals surface area contributed by atoms with E-state index in [9.17, 15) is 13.2 Å². The van der Waals surface area contributed by atoms with Crippen LogP contribution in [0.25, 0.3) is 0 Å². The Labute approximate surface area is 152 Å². The number of anilines is 2. The summed E-state index contributed by atoms with van der Waals surface area (Å²) < 4.78 is 28.1. The molecule has 0 fully saturated rings. The average molecular weight is 386 g/mol. The normalized spacial score (nSPS) is 13.9. The number of hydrogen-bond acceptors (Lipinski definition) is 5. The first-order chi connectivity index (χ1) is 11.4. The molecule has 10 heteroatoms. The van der Waals surface area contributed by atoms with Gasteiger partial charge >= 0.3 is 0 Å². The number of halogens is 1. The van der Waals surface area contributed by atoms with Crippen molar-refractivity contribution in [2.75, 3.05) is 23.7 Å². The topological polar surface area (TPSA) is 110 Å². The minimum absolute atomic E-state index is 0. The highest BCUT2D eigenvalue weighted by molar-refractivity contribution is 7.89. The second kappa shape index (κ2) is 7.42. The lowest BCUT2D eigenvalue weighted by molar-refractivity contribution is -0.117. The van der Waals surface area contributed by atoms with Crippen LogP contribution in [-0.4, -0.2) is 37.0 Å². The number of carbonyl (C=O) groups is 1. The van der Waals surface area contributed by atoms with Crippen LogP contribution in [0.15, 0.2) is 35.7 Å². The van der Waals surface area contributed by atoms with Gasteiger partial charge in [0.25, 0.3) is 10.0 Å². The minimum atomic E-state index is -3.81. The monoisotopic (exact) mass is 385 g/mol. The Kier molecular flexibility index (Phi) is 5.71. The van der Waals surface area contributed by atoms with E-state index in [1.54, 1.807) is 24.1 Å². The van der Waals surface area contributed by atoms with Crippen LogP contribution >= 0.6 is 12.4 Å². The van der Waals surface area contributed by atoms with Crippen molar-refractivity contribution in [3.8, 4) is 0 Å². The molecule has 136 valence electrons. The second-order valence-electron chi connectivity index (χ2n) is 5.70. The lowest BCUT2D eigenvalue weighted by atomic mass is 10.00. The summed E-state index contributed by atoms with van der Waals surface area (Å²) in [4.78, 5) is 17.9. The van der Waals surface area contributed by atoms with E-state index in [-0.39, 0.29) is 29.9 Å². The Balaban J connectivity index is 0.00000225. The first-order valence-electron chi connectivity index (χ1n) is 7.54. The predicted octanol–water partition coefficient (Wildman–Crippen LogP) is 0.682. The van der Waals surface area contributed by atoms with Crippen molar-refractivity contribution in [2.24, 2.45) is 7.05 Å². The van der Waals surface area contributed by atoms with Gasteiger partial charge in [-0.3, -0.25) is 4.79 Å². The van der Waals surface area contributed by atoms with E-state index in [4.69, 9.17) is 5.73 Å². The molecule has 8 nitrogen and oxygen atoms in total. The molecule has 3 rings (SSSR count). The number of nitrogens with two attached hydrogens (primary N) is 1. The highest BCUT2D eigenvalue weighted by Crippen LogP contribution is 2.31. The molecule has 3 N–H and O–H groups in total. The molecular formula is C15H20ClN5O3S. The number of sulfonamides is 1. The molecule has 2 aromatic rings. The highest BCUT2D eigenvalue weighted by Gasteiger charge is 2.25. The van der Waals surface area contributed by atoms with Gasteiger partial charge in [-0.15, -0.1) is 12.4 Å². The van der Waals surface area contributed by atoms with Crippen molar-refractivity contribution in [1.82, 2.24) is 14.3 Å². The Morgan fingerprint density at radius 3 is 2.84 bits per heavy atom. The Bertz CT molecular complexity index is 881. The summed E-state index contributed by atoms with van der Waals surface area (Å²) in [6.45, 7) is 0.216. The maximum Gasteiger partial charge on any atom is 0.260 e. The fraction of sp³-hybridized carbons (Fsp3) is 0.333. The molecule has 0 saturated heterocycles. The lowest BCUT2D eigenvalue weighted by Gasteiger charge is -2.30. The van der Waals surface area contributed by atoms with Gasteiger partial charge in [-0.1, -0.05) is 6.07 Å². The van der Waals surface area contributed by atoms with Crippen LogP contribution in [0, 0.1) is 0 Å². The molecule has 0 spiro atoms. The molecule has 2 heterocycles. The maximum absolute atomic E-state index is 12.5. The smallest absolute Gasteiger partial charge is 0.260 e. The van der Waals surface area contributed by atoms with Gasteiger partial charge in [0.1, 0.15) is 0 Å². The average Bonchev–Trinajstić information content (AvgIpc) is 3.00. The fourth-order valence-electron chi connectivity index (χ4n) is 2.76. The SMILES string of the molecule is Cl.Cn1cnc(S(=O)(=O)NCC(=O)N2CCCc3c(N)cccc32)c1. The zero-order chi connectivity index (χ0) is 17.3. The van der Waals surface area contributed by atoms with Crippen LogP contribution in [0.5, 0.6) is 0 Å². The Hall–Kier alpha value is -2.10. The quantitative estimate of drug-likeness (QED) is 0.752. The molecule has 1 aliphatic rings. The summed E-state index contributed by atoms with van der Waals surface area (Å²) >= 11 is 0. The second-order valence-corrected chi connectivity index (χ2v) is 7.41. The molecule has 1 aliphatic heterocycles. The van der Waals surface area contributed by atoms with E-state index in [0.717, 1.165) is 24.1 Å². The minimum Gasteiger partial charge on any atom is -0.398 e. The summed E-state index contributed by atoms with van der Waals surface area (Å²) in [5, 5.41) is -0.110. The van der Waals surface area contributed by atoms with Crippen LogP contribution < -0.4 is 15.4 Å². The van der Waals surface area contributed by atoms with Gasteiger partial charge in [0, 0.05) is 31.2 Å². The molecule has 25 heavy (non-hydrogen) atoms. The number of hydrogen-bond donors (Lipinski definition) is 2. The van der Waals surface area contributed by atoms with Gasteiger partial charge in [0.2, 0.25) is 5.91 Å². The van der Waals surface area contributed by atoms with Crippen LogP contribution in [0.2, 0.25) is 0 Å². The number of rotatable bonds is 4. The third kappa shape index (κ3) is 3.94. The molecule has 0 saturated carbocycles. The van der Waals surface area contributed by atoms with Gasteiger partial charge in [0.05, 0.1) is 12.9 Å². The van der Waals surface area contributed by atoms with E-state index >= 15 is 0 Å². The number of imidazole rings is 1. The highest BCUT2D eigenvalue weighted by atomic mass is 35.5. The van der Waals surface area contributed by atoms with Gasteiger partial charge in [-0.05, 0) is 30.5 Å². The van der Waals surface area contributed by atoms with Crippen LogP contribution in [0.1, 0.15) is 12.0 Å². The molecule has 1 amide bonds. The van der Waals surface area contributed by atoms with Crippen LogP contribution in [-0.2, 0) is 28.3 Å². The summed E-state index contributed by atoms with van der Waals surface area (Å²) in [6, 6.07) is 5.42. The van der Waals surface area contributed by atoms with E-state index in [1.807, 2.05) is 6.07 Å². The first-order valence-corrected chi connectivity index (χ1v) is 9.02. The molecule has 1 aromatic carbocycles. The predicted molar refractivity (Wildman–Crippen MR) is 97.2 cm³/mol. The number of nitrogen functional groups attached to an aromatic ring is 1. The van der Waals surface area contributed by atoms with Gasteiger partial charge < -0.3 is 15.2 Å². The molecular weight excluding hydrogens is 366 g/mol. The largest absolute Gasteiger partial charge is 0.398 e. The summed E-state index contributed by atoms with van der Waals surface area (Å²) in [5.74, 6) is -0.318. The van der Waals surface area contributed by atoms with Crippen molar-refractivity contribution in [1.29, 1.82) is 0 Å². The summed E-state index contributed by atoms with van der Waals surface area (Å²) in [6.07, 6.45) is 4.37. The van der Waals surface area contributed by atoms with Gasteiger partial charge in [-0.2, -0.15) is 0 Å². The maximum atomic E-state index is 12.5. The van der Waals surface area contributed by atoms with Crippen molar-refractivity contribution < 1.29 is 13.2 Å². The van der Waals surface area contributed by atoms with E-state index in [1.165, 1.54) is 17.1 Å². The molecule has 0 aliphatic carbocycles. The van der Waals surface area contributed by atoms with E-state index < -0.39 is 10.0 Å². The van der Waals surface area contributed by atoms with Crippen molar-refractivity contribution >= 4 is 39.7 Å². The van der Waals surface area contributed by atoms with Crippen molar-refractivity contribution in [3.63, 3.8) is 0 Å². The molecule has 0 unspecified atom stereocenters. The van der Waals surface area contributed by atoms with Gasteiger partial charge in [0.15, 0.2) is 5.03 Å².